The Labute approximate surface area is 146 Å². The van der Waals surface area contributed by atoms with Crippen molar-refractivity contribution in [2.45, 2.75) is 11.2 Å². The highest BCUT2D eigenvalue weighted by atomic mass is 35.5. The fourth-order valence-electron chi connectivity index (χ4n) is 2.40. The molecular weight excluding hydrogens is 357 g/mol. The molecule has 0 saturated heterocycles. The minimum atomic E-state index is -4.51. The van der Waals surface area contributed by atoms with E-state index < -0.39 is 11.7 Å². The van der Waals surface area contributed by atoms with Crippen molar-refractivity contribution >= 4 is 23.4 Å². The van der Waals surface area contributed by atoms with Crippen LogP contribution in [0.1, 0.15) is 5.56 Å². The Morgan fingerprint density at radius 1 is 1.00 bits per heavy atom. The van der Waals surface area contributed by atoms with Crippen LogP contribution in [0.25, 0.3) is 16.9 Å². The molecule has 0 aliphatic heterocycles. The van der Waals surface area contributed by atoms with Crippen LogP contribution in [0.5, 0.6) is 0 Å². The number of benzene rings is 2. The van der Waals surface area contributed by atoms with Crippen molar-refractivity contribution in [2.75, 3.05) is 6.26 Å². The lowest BCUT2D eigenvalue weighted by Crippen LogP contribution is -2.08. The zero-order chi connectivity index (χ0) is 17.3. The lowest BCUT2D eigenvalue weighted by Gasteiger charge is -2.10. The van der Waals surface area contributed by atoms with E-state index in [1.807, 2.05) is 0 Å². The van der Waals surface area contributed by atoms with Gasteiger partial charge in [-0.15, -0.1) is 11.8 Å². The zero-order valence-corrected chi connectivity index (χ0v) is 14.1. The van der Waals surface area contributed by atoms with Crippen molar-refractivity contribution in [3.8, 4) is 16.9 Å². The molecule has 2 nitrogen and oxygen atoms in total. The van der Waals surface area contributed by atoms with Gasteiger partial charge < -0.3 is 0 Å². The van der Waals surface area contributed by atoms with E-state index >= 15 is 0 Å². The molecule has 0 fully saturated rings. The van der Waals surface area contributed by atoms with E-state index in [2.05, 4.69) is 5.10 Å². The fourth-order valence-corrected chi connectivity index (χ4v) is 3.26. The minimum absolute atomic E-state index is 0.0543. The van der Waals surface area contributed by atoms with Gasteiger partial charge in [-0.25, -0.2) is 4.68 Å². The summed E-state index contributed by atoms with van der Waals surface area (Å²) in [5.74, 6) is 0. The molecule has 124 valence electrons. The summed E-state index contributed by atoms with van der Waals surface area (Å²) in [6.07, 6.45) is -2.91. The maximum atomic E-state index is 13.7. The molecule has 0 N–H and O–H groups in total. The van der Waals surface area contributed by atoms with Gasteiger partial charge in [-0.2, -0.15) is 18.3 Å². The van der Waals surface area contributed by atoms with E-state index in [1.54, 1.807) is 60.9 Å². The molecule has 0 aliphatic carbocycles. The van der Waals surface area contributed by atoms with E-state index in [-0.39, 0.29) is 10.7 Å². The summed E-state index contributed by atoms with van der Waals surface area (Å²) in [6.45, 7) is 0. The summed E-state index contributed by atoms with van der Waals surface area (Å²) >= 11 is 6.85. The van der Waals surface area contributed by atoms with Crippen LogP contribution in [-0.4, -0.2) is 16.0 Å². The smallest absolute Gasteiger partial charge is 0.226 e. The van der Waals surface area contributed by atoms with Crippen molar-refractivity contribution in [3.63, 3.8) is 0 Å². The number of alkyl halides is 3. The van der Waals surface area contributed by atoms with Gasteiger partial charge in [-0.05, 0) is 30.5 Å². The third kappa shape index (κ3) is 3.16. The number of hydrogen-bond donors (Lipinski definition) is 0. The van der Waals surface area contributed by atoms with Gasteiger partial charge in [0.2, 0.25) is 0 Å². The molecule has 3 aromatic rings. The molecular formula is C17H12ClF3N2S. The average molecular weight is 369 g/mol. The van der Waals surface area contributed by atoms with Crippen LogP contribution < -0.4 is 0 Å². The van der Waals surface area contributed by atoms with Crippen molar-refractivity contribution < 1.29 is 13.2 Å². The Hall–Kier alpha value is -1.92. The summed E-state index contributed by atoms with van der Waals surface area (Å²) < 4.78 is 42.4. The van der Waals surface area contributed by atoms with Crippen molar-refractivity contribution in [2.24, 2.45) is 0 Å². The lowest BCUT2D eigenvalue weighted by molar-refractivity contribution is -0.139. The standard InChI is InChI=1S/C17H12ClF3N2S/c1-24-16-14(17(19,20)21)15(11-7-9-12(18)10-8-11)22-23(16)13-5-3-2-4-6-13/h2-10H,1H3. The molecule has 0 radical (unpaired) electrons. The third-order valence-corrected chi connectivity index (χ3v) is 4.45. The van der Waals surface area contributed by atoms with E-state index in [0.29, 0.717) is 16.3 Å². The predicted molar refractivity (Wildman–Crippen MR) is 90.8 cm³/mol. The fraction of sp³-hybridized carbons (Fsp3) is 0.118. The normalized spacial score (nSPS) is 11.7. The second kappa shape index (κ2) is 6.53. The van der Waals surface area contributed by atoms with E-state index in [0.717, 1.165) is 11.8 Å². The van der Waals surface area contributed by atoms with Gasteiger partial charge in [0.15, 0.2) is 0 Å². The molecule has 0 aliphatic rings. The van der Waals surface area contributed by atoms with Crippen LogP contribution in [0.15, 0.2) is 59.6 Å². The Morgan fingerprint density at radius 3 is 2.17 bits per heavy atom. The van der Waals surface area contributed by atoms with Crippen molar-refractivity contribution in [1.29, 1.82) is 0 Å². The number of hydrogen-bond acceptors (Lipinski definition) is 2. The molecule has 0 spiro atoms. The Kier molecular flexibility index (Phi) is 4.60. The van der Waals surface area contributed by atoms with Crippen LogP contribution in [0, 0.1) is 0 Å². The molecule has 0 bridgehead atoms. The first kappa shape index (κ1) is 16.9. The van der Waals surface area contributed by atoms with Gasteiger partial charge in [0.1, 0.15) is 16.3 Å². The van der Waals surface area contributed by atoms with Gasteiger partial charge in [0.05, 0.1) is 5.69 Å². The highest BCUT2D eigenvalue weighted by molar-refractivity contribution is 7.98. The molecule has 1 heterocycles. The van der Waals surface area contributed by atoms with Crippen LogP contribution in [0.2, 0.25) is 5.02 Å². The van der Waals surface area contributed by atoms with Crippen molar-refractivity contribution in [1.82, 2.24) is 9.78 Å². The Bertz CT molecular complexity index is 843. The topological polar surface area (TPSA) is 17.8 Å². The number of halogens is 4. The van der Waals surface area contributed by atoms with Gasteiger partial charge >= 0.3 is 6.18 Å². The van der Waals surface area contributed by atoms with E-state index in [9.17, 15) is 13.2 Å². The zero-order valence-electron chi connectivity index (χ0n) is 12.5. The molecule has 2 aromatic carbocycles. The van der Waals surface area contributed by atoms with Gasteiger partial charge in [-0.1, -0.05) is 41.9 Å². The van der Waals surface area contributed by atoms with Gasteiger partial charge in [-0.3, -0.25) is 0 Å². The summed E-state index contributed by atoms with van der Waals surface area (Å²) in [5, 5.41) is 4.76. The average Bonchev–Trinajstić information content (AvgIpc) is 2.96. The summed E-state index contributed by atoms with van der Waals surface area (Å²) in [6, 6.07) is 15.0. The molecule has 3 rings (SSSR count). The van der Waals surface area contributed by atoms with Crippen molar-refractivity contribution in [3.05, 3.63) is 65.2 Å². The molecule has 0 saturated carbocycles. The van der Waals surface area contributed by atoms with E-state index in [4.69, 9.17) is 11.6 Å². The monoisotopic (exact) mass is 368 g/mol. The second-order valence-corrected chi connectivity index (χ2v) is 6.22. The molecule has 0 unspecified atom stereocenters. The summed E-state index contributed by atoms with van der Waals surface area (Å²) in [7, 11) is 0. The van der Waals surface area contributed by atoms with Crippen LogP contribution in [0.3, 0.4) is 0 Å². The number of para-hydroxylation sites is 1. The van der Waals surface area contributed by atoms with Crippen LogP contribution in [-0.2, 0) is 6.18 Å². The molecule has 0 atom stereocenters. The number of nitrogens with zero attached hydrogens (tertiary/aromatic N) is 2. The van der Waals surface area contributed by atoms with Gasteiger partial charge in [0.25, 0.3) is 0 Å². The summed E-state index contributed by atoms with van der Waals surface area (Å²) in [4.78, 5) is 0. The van der Waals surface area contributed by atoms with Crippen LogP contribution >= 0.6 is 23.4 Å². The first-order chi connectivity index (χ1) is 11.4. The Balaban J connectivity index is 2.28. The maximum absolute atomic E-state index is 13.7. The third-order valence-electron chi connectivity index (χ3n) is 3.44. The number of rotatable bonds is 3. The number of aromatic nitrogens is 2. The number of thioether (sulfide) groups is 1. The van der Waals surface area contributed by atoms with Crippen LogP contribution in [0.4, 0.5) is 13.2 Å². The Morgan fingerprint density at radius 2 is 1.62 bits per heavy atom. The molecule has 1 aromatic heterocycles. The molecule has 24 heavy (non-hydrogen) atoms. The molecule has 0 amide bonds. The second-order valence-electron chi connectivity index (χ2n) is 4.98. The predicted octanol–water partition coefficient (Wildman–Crippen LogP) is 5.93. The quantitative estimate of drug-likeness (QED) is 0.533. The first-order valence-electron chi connectivity index (χ1n) is 6.97. The highest BCUT2D eigenvalue weighted by Gasteiger charge is 2.40. The highest BCUT2D eigenvalue weighted by Crippen LogP contribution is 2.43. The van der Waals surface area contributed by atoms with E-state index in [1.165, 1.54) is 4.68 Å². The minimum Gasteiger partial charge on any atom is -0.226 e. The summed E-state index contributed by atoms with van der Waals surface area (Å²) in [5.41, 5.74) is 0.109. The van der Waals surface area contributed by atoms with Gasteiger partial charge in [0, 0.05) is 10.6 Å². The lowest BCUT2D eigenvalue weighted by atomic mass is 10.1. The largest absolute Gasteiger partial charge is 0.421 e. The molecule has 7 heteroatoms. The maximum Gasteiger partial charge on any atom is 0.421 e. The SMILES string of the molecule is CSc1c(C(F)(F)F)c(-c2ccc(Cl)cc2)nn1-c1ccccc1. The first-order valence-corrected chi connectivity index (χ1v) is 8.57.